The van der Waals surface area contributed by atoms with Crippen molar-refractivity contribution in [3.63, 3.8) is 0 Å². The third kappa shape index (κ3) is 5.19. The number of ether oxygens (including phenoxy) is 1. The van der Waals surface area contributed by atoms with Crippen LogP contribution < -0.4 is 4.74 Å². The van der Waals surface area contributed by atoms with E-state index in [2.05, 4.69) is 30.3 Å². The number of hydrogen-bond acceptors (Lipinski definition) is 3. The molecule has 0 unspecified atom stereocenters. The van der Waals surface area contributed by atoms with E-state index in [1.165, 1.54) is 5.56 Å². The summed E-state index contributed by atoms with van der Waals surface area (Å²) < 4.78 is 11.5. The number of fused-ring (bicyclic) bond motifs is 1. The van der Waals surface area contributed by atoms with Crippen LogP contribution in [0.2, 0.25) is 5.02 Å². The maximum Gasteiger partial charge on any atom is 0.246 e. The largest absolute Gasteiger partial charge is 0.496 e. The number of allylic oxidation sites excluding steroid dienone is 1. The van der Waals surface area contributed by atoms with Crippen LogP contribution in [0.25, 0.3) is 27.7 Å². The predicted octanol–water partition coefficient (Wildman–Crippen LogP) is 7.65. The molecule has 0 aliphatic carbocycles. The van der Waals surface area contributed by atoms with Crippen LogP contribution in [0.15, 0.2) is 83.5 Å². The second kappa shape index (κ2) is 10.6. The van der Waals surface area contributed by atoms with Crippen LogP contribution in [-0.4, -0.2) is 31.0 Å². The monoisotopic (exact) mass is 499 g/mol. The van der Waals surface area contributed by atoms with Crippen LogP contribution in [0.4, 0.5) is 0 Å². The molecule has 1 saturated heterocycles. The van der Waals surface area contributed by atoms with E-state index in [1.807, 2.05) is 48.2 Å². The second-order valence-corrected chi connectivity index (χ2v) is 9.93. The minimum absolute atomic E-state index is 0.0536. The zero-order chi connectivity index (χ0) is 25.1. The van der Waals surface area contributed by atoms with Crippen molar-refractivity contribution in [1.82, 2.24) is 4.90 Å². The van der Waals surface area contributed by atoms with Gasteiger partial charge < -0.3 is 14.1 Å². The van der Waals surface area contributed by atoms with E-state index in [0.29, 0.717) is 16.7 Å². The molecule has 0 spiro atoms. The molecule has 5 rings (SSSR count). The summed E-state index contributed by atoms with van der Waals surface area (Å²) in [4.78, 5) is 15.1. The molecule has 0 saturated carbocycles. The number of halogens is 1. The Balaban J connectivity index is 1.34. The van der Waals surface area contributed by atoms with Crippen LogP contribution in [-0.2, 0) is 11.2 Å². The van der Waals surface area contributed by atoms with Gasteiger partial charge in [-0.25, -0.2) is 0 Å². The Labute approximate surface area is 217 Å². The van der Waals surface area contributed by atoms with Gasteiger partial charge >= 0.3 is 0 Å². The topological polar surface area (TPSA) is 42.7 Å². The Bertz CT molecular complexity index is 1380. The van der Waals surface area contributed by atoms with Gasteiger partial charge in [-0.2, -0.15) is 0 Å². The zero-order valence-electron chi connectivity index (χ0n) is 20.7. The number of rotatable bonds is 6. The number of benzene rings is 3. The van der Waals surface area contributed by atoms with Gasteiger partial charge in [-0.3, -0.25) is 4.79 Å². The average molecular weight is 500 g/mol. The molecule has 36 heavy (non-hydrogen) atoms. The van der Waals surface area contributed by atoms with Crippen LogP contribution in [0.5, 0.6) is 5.75 Å². The van der Waals surface area contributed by atoms with Gasteiger partial charge in [-0.1, -0.05) is 54.1 Å². The fourth-order valence-electron chi connectivity index (χ4n) is 5.04. The number of likely N-dealkylation sites (tertiary alicyclic amines) is 1. The van der Waals surface area contributed by atoms with Crippen molar-refractivity contribution < 1.29 is 13.9 Å². The van der Waals surface area contributed by atoms with Gasteiger partial charge in [0.15, 0.2) is 0 Å². The number of amides is 1. The summed E-state index contributed by atoms with van der Waals surface area (Å²) in [7, 11) is 1.64. The molecule has 4 aromatic rings. The first kappa shape index (κ1) is 24.2. The van der Waals surface area contributed by atoms with Gasteiger partial charge in [0.05, 0.1) is 13.4 Å². The molecule has 1 fully saturated rings. The van der Waals surface area contributed by atoms with E-state index in [9.17, 15) is 4.79 Å². The SMILES string of the molecule is COc1cc2occ(-c3ccc(Cl)cc3)c2cc1/C(C)=C/C(=O)N1CCC(Cc2ccccc2)CC1. The lowest BCUT2D eigenvalue weighted by Gasteiger charge is -2.31. The van der Waals surface area contributed by atoms with Gasteiger partial charge in [0.1, 0.15) is 11.3 Å². The molecule has 1 amide bonds. The molecule has 1 aliphatic rings. The Morgan fingerprint density at radius 2 is 1.81 bits per heavy atom. The summed E-state index contributed by atoms with van der Waals surface area (Å²) >= 11 is 6.07. The van der Waals surface area contributed by atoms with Crippen molar-refractivity contribution in [1.29, 1.82) is 0 Å². The Hall–Kier alpha value is -3.50. The molecule has 4 nitrogen and oxygen atoms in total. The number of nitrogens with zero attached hydrogens (tertiary/aromatic N) is 1. The second-order valence-electron chi connectivity index (χ2n) is 9.49. The van der Waals surface area contributed by atoms with Crippen molar-refractivity contribution in [2.75, 3.05) is 20.2 Å². The smallest absolute Gasteiger partial charge is 0.246 e. The summed E-state index contributed by atoms with van der Waals surface area (Å²) in [5.41, 5.74) is 5.86. The summed E-state index contributed by atoms with van der Waals surface area (Å²) in [6.07, 6.45) is 6.63. The molecule has 0 atom stereocenters. The lowest BCUT2D eigenvalue weighted by atomic mass is 9.90. The molecule has 1 aliphatic heterocycles. The molecule has 0 radical (unpaired) electrons. The number of furan rings is 1. The highest BCUT2D eigenvalue weighted by Gasteiger charge is 2.23. The van der Waals surface area contributed by atoms with Gasteiger partial charge in [0.2, 0.25) is 5.91 Å². The Morgan fingerprint density at radius 3 is 2.50 bits per heavy atom. The highest BCUT2D eigenvalue weighted by atomic mass is 35.5. The standard InChI is InChI=1S/C31H30ClNO3/c1-21(16-31(34)33-14-12-23(13-15-33)17-22-6-4-3-5-7-22)26-18-27-28(24-8-10-25(32)11-9-24)20-36-30(27)19-29(26)35-2/h3-11,16,18-20,23H,12-15,17H2,1-2H3/b21-16+. The molecule has 2 heterocycles. The molecule has 0 N–H and O–H groups in total. The van der Waals surface area contributed by atoms with Crippen molar-refractivity contribution in [2.24, 2.45) is 5.92 Å². The number of methoxy groups -OCH3 is 1. The number of carbonyl (C=O) groups excluding carboxylic acids is 1. The fraction of sp³-hybridized carbons (Fsp3) is 0.258. The fourth-order valence-corrected chi connectivity index (χ4v) is 5.17. The van der Waals surface area contributed by atoms with Crippen LogP contribution in [0.1, 0.15) is 30.9 Å². The van der Waals surface area contributed by atoms with E-state index in [-0.39, 0.29) is 5.91 Å². The van der Waals surface area contributed by atoms with Crippen molar-refractivity contribution >= 4 is 34.1 Å². The maximum atomic E-state index is 13.2. The first-order valence-corrected chi connectivity index (χ1v) is 12.8. The first-order valence-electron chi connectivity index (χ1n) is 12.4. The first-order chi connectivity index (χ1) is 17.5. The lowest BCUT2D eigenvalue weighted by molar-refractivity contribution is -0.127. The van der Waals surface area contributed by atoms with E-state index >= 15 is 0 Å². The minimum Gasteiger partial charge on any atom is -0.496 e. The predicted molar refractivity (Wildman–Crippen MR) is 146 cm³/mol. The normalized spacial score (nSPS) is 14.9. The molecule has 0 bridgehead atoms. The Morgan fingerprint density at radius 1 is 1.08 bits per heavy atom. The molecule has 184 valence electrons. The van der Waals surface area contributed by atoms with Crippen molar-refractivity contribution in [3.05, 3.63) is 95.2 Å². The van der Waals surface area contributed by atoms with Crippen molar-refractivity contribution in [2.45, 2.75) is 26.2 Å². The minimum atomic E-state index is 0.0536. The van der Waals surface area contributed by atoms with Gasteiger partial charge in [0.25, 0.3) is 0 Å². The molecule has 1 aromatic heterocycles. The number of piperidine rings is 1. The number of carbonyl (C=O) groups is 1. The summed E-state index contributed by atoms with van der Waals surface area (Å²) in [5, 5.41) is 1.66. The molecular formula is C31H30ClNO3. The molecule has 5 heteroatoms. The van der Waals surface area contributed by atoms with Gasteiger partial charge in [-0.15, -0.1) is 0 Å². The van der Waals surface area contributed by atoms with Crippen molar-refractivity contribution in [3.8, 4) is 16.9 Å². The molecule has 3 aromatic carbocycles. The summed E-state index contributed by atoms with van der Waals surface area (Å²) in [5.74, 6) is 1.36. The van der Waals surface area contributed by atoms with Gasteiger partial charge in [-0.05, 0) is 67.0 Å². The number of hydrogen-bond donors (Lipinski definition) is 0. The quantitative estimate of drug-likeness (QED) is 0.256. The van der Waals surface area contributed by atoms with Crippen LogP contribution >= 0.6 is 11.6 Å². The third-order valence-corrected chi connectivity index (χ3v) is 7.36. The highest BCUT2D eigenvalue weighted by molar-refractivity contribution is 6.30. The molecular weight excluding hydrogens is 470 g/mol. The highest BCUT2D eigenvalue weighted by Crippen LogP contribution is 2.37. The van der Waals surface area contributed by atoms with E-state index in [1.54, 1.807) is 19.4 Å². The lowest BCUT2D eigenvalue weighted by Crippen LogP contribution is -2.38. The Kier molecular flexibility index (Phi) is 7.15. The van der Waals surface area contributed by atoms with Crippen LogP contribution in [0, 0.1) is 5.92 Å². The van der Waals surface area contributed by atoms with Crippen LogP contribution in [0.3, 0.4) is 0 Å². The van der Waals surface area contributed by atoms with E-state index in [4.69, 9.17) is 20.8 Å². The van der Waals surface area contributed by atoms with E-state index in [0.717, 1.165) is 65.6 Å². The average Bonchev–Trinajstić information content (AvgIpc) is 3.32. The maximum absolute atomic E-state index is 13.2. The zero-order valence-corrected chi connectivity index (χ0v) is 21.4. The summed E-state index contributed by atoms with van der Waals surface area (Å²) in [6.45, 7) is 3.54. The van der Waals surface area contributed by atoms with E-state index < -0.39 is 0 Å². The third-order valence-electron chi connectivity index (χ3n) is 7.11. The van der Waals surface area contributed by atoms with Gasteiger partial charge in [0, 0.05) is 46.8 Å². The summed E-state index contributed by atoms with van der Waals surface area (Å²) in [6, 6.07) is 22.2.